The number of hydrogen-bond donors (Lipinski definition) is 0. The average Bonchev–Trinajstić information content (AvgIpc) is 2.77. The molecule has 0 bridgehead atoms. The quantitative estimate of drug-likeness (QED) is 0.374. The molecule has 3 aromatic carbocycles. The van der Waals surface area contributed by atoms with Crippen molar-refractivity contribution in [2.75, 3.05) is 11.4 Å². The van der Waals surface area contributed by atoms with Crippen molar-refractivity contribution >= 4 is 23.2 Å². The van der Waals surface area contributed by atoms with E-state index in [1.54, 1.807) is 12.3 Å². The predicted molar refractivity (Wildman–Crippen MR) is 132 cm³/mol. The molecule has 0 atom stereocenters. The molecule has 0 fully saturated rings. The van der Waals surface area contributed by atoms with Gasteiger partial charge in [-0.25, -0.2) is 4.39 Å². The van der Waals surface area contributed by atoms with Crippen molar-refractivity contribution in [3.63, 3.8) is 0 Å². The van der Waals surface area contributed by atoms with Gasteiger partial charge in [-0.1, -0.05) is 31.2 Å². The van der Waals surface area contributed by atoms with Crippen LogP contribution in [0.2, 0.25) is 0 Å². The maximum absolute atomic E-state index is 15.0. The summed E-state index contributed by atoms with van der Waals surface area (Å²) in [4.78, 5) is 6.77. The van der Waals surface area contributed by atoms with Crippen LogP contribution in [0.25, 0.3) is 5.57 Å². The Hall–Kier alpha value is -3.40. The first-order valence-corrected chi connectivity index (χ1v) is 11.1. The first-order valence-electron chi connectivity index (χ1n) is 11.1. The SMILES string of the molecule is CCCN1c2cc(F)c(C=Nc3ccc(Oc4ccccc4)cc3)cc2C(C)=CC1(C)C. The monoisotopic (exact) mass is 428 g/mol. The van der Waals surface area contributed by atoms with Gasteiger partial charge in [-0.15, -0.1) is 0 Å². The van der Waals surface area contributed by atoms with Crippen molar-refractivity contribution in [2.24, 2.45) is 4.99 Å². The maximum atomic E-state index is 15.0. The van der Waals surface area contributed by atoms with E-state index in [-0.39, 0.29) is 11.4 Å². The van der Waals surface area contributed by atoms with Crippen LogP contribution in [0, 0.1) is 5.82 Å². The molecule has 3 aromatic rings. The lowest BCUT2D eigenvalue weighted by molar-refractivity contribution is 0.483. The van der Waals surface area contributed by atoms with Crippen LogP contribution in [-0.4, -0.2) is 18.3 Å². The van der Waals surface area contributed by atoms with Gasteiger partial charge in [0.25, 0.3) is 0 Å². The molecule has 0 amide bonds. The summed E-state index contributed by atoms with van der Waals surface area (Å²) in [7, 11) is 0. The van der Waals surface area contributed by atoms with E-state index in [1.807, 2.05) is 60.7 Å². The second-order valence-electron chi connectivity index (χ2n) is 8.69. The first-order chi connectivity index (χ1) is 15.4. The van der Waals surface area contributed by atoms with Gasteiger partial charge in [0.2, 0.25) is 0 Å². The highest BCUT2D eigenvalue weighted by Gasteiger charge is 2.31. The number of para-hydroxylation sites is 1. The standard InChI is InChI=1S/C28H29FN2O/c1-5-15-31-27-17-26(29)21(16-25(27)20(2)18-28(31,3)4)19-30-22-11-13-24(14-12-22)32-23-9-7-6-8-10-23/h6-14,16-19H,5,15H2,1-4H3. The molecule has 164 valence electrons. The number of benzene rings is 3. The summed E-state index contributed by atoms with van der Waals surface area (Å²) in [5.41, 5.74) is 4.26. The molecule has 0 saturated carbocycles. The smallest absolute Gasteiger partial charge is 0.134 e. The number of allylic oxidation sites excluding steroid dienone is 1. The highest BCUT2D eigenvalue weighted by Crippen LogP contribution is 2.40. The second kappa shape index (κ2) is 8.99. The minimum Gasteiger partial charge on any atom is -0.457 e. The van der Waals surface area contributed by atoms with Gasteiger partial charge in [0, 0.05) is 29.6 Å². The van der Waals surface area contributed by atoms with Crippen molar-refractivity contribution in [3.8, 4) is 11.5 Å². The normalized spacial score (nSPS) is 14.9. The summed E-state index contributed by atoms with van der Waals surface area (Å²) >= 11 is 0. The lowest BCUT2D eigenvalue weighted by Crippen LogP contribution is -2.45. The molecule has 0 spiro atoms. The van der Waals surface area contributed by atoms with Gasteiger partial charge in [0.1, 0.15) is 17.3 Å². The molecule has 4 rings (SSSR count). The number of fused-ring (bicyclic) bond motifs is 1. The Balaban J connectivity index is 1.57. The largest absolute Gasteiger partial charge is 0.457 e. The number of aliphatic imine (C=N–C) groups is 1. The van der Waals surface area contributed by atoms with Crippen molar-refractivity contribution in [3.05, 3.63) is 89.8 Å². The summed E-state index contributed by atoms with van der Waals surface area (Å²) in [5, 5.41) is 0. The molecule has 0 unspecified atom stereocenters. The highest BCUT2D eigenvalue weighted by molar-refractivity contribution is 5.89. The summed E-state index contributed by atoms with van der Waals surface area (Å²) in [6.45, 7) is 9.47. The zero-order valence-electron chi connectivity index (χ0n) is 19.1. The zero-order chi connectivity index (χ0) is 22.7. The lowest BCUT2D eigenvalue weighted by atomic mass is 9.87. The van der Waals surface area contributed by atoms with Crippen molar-refractivity contribution in [1.82, 2.24) is 0 Å². The molecule has 32 heavy (non-hydrogen) atoms. The lowest BCUT2D eigenvalue weighted by Gasteiger charge is -2.43. The van der Waals surface area contributed by atoms with Crippen LogP contribution in [0.1, 0.15) is 45.2 Å². The molecule has 0 aromatic heterocycles. The zero-order valence-corrected chi connectivity index (χ0v) is 19.1. The fraction of sp³-hybridized carbons (Fsp3) is 0.250. The average molecular weight is 429 g/mol. The fourth-order valence-corrected chi connectivity index (χ4v) is 4.21. The van der Waals surface area contributed by atoms with Gasteiger partial charge in [0.05, 0.1) is 11.2 Å². The van der Waals surface area contributed by atoms with Crippen LogP contribution >= 0.6 is 0 Å². The van der Waals surface area contributed by atoms with Crippen molar-refractivity contribution in [1.29, 1.82) is 0 Å². The Labute approximate surface area is 189 Å². The summed E-state index contributed by atoms with van der Waals surface area (Å²) < 4.78 is 20.8. The van der Waals surface area contributed by atoms with Gasteiger partial charge in [-0.3, -0.25) is 4.99 Å². The fourth-order valence-electron chi connectivity index (χ4n) is 4.21. The topological polar surface area (TPSA) is 24.8 Å². The van der Waals surface area contributed by atoms with Gasteiger partial charge < -0.3 is 9.64 Å². The van der Waals surface area contributed by atoms with Gasteiger partial charge >= 0.3 is 0 Å². The number of nitrogens with zero attached hydrogens (tertiary/aromatic N) is 2. The van der Waals surface area contributed by atoms with Crippen LogP contribution in [-0.2, 0) is 0 Å². The number of hydrogen-bond acceptors (Lipinski definition) is 3. The van der Waals surface area contributed by atoms with Crippen LogP contribution in [0.15, 0.2) is 77.8 Å². The number of halogens is 1. The van der Waals surface area contributed by atoms with Gasteiger partial charge in [0.15, 0.2) is 0 Å². The van der Waals surface area contributed by atoms with Crippen LogP contribution in [0.4, 0.5) is 15.8 Å². The number of rotatable bonds is 6. The van der Waals surface area contributed by atoms with Gasteiger partial charge in [-0.05, 0) is 81.3 Å². The second-order valence-corrected chi connectivity index (χ2v) is 8.69. The Kier molecular flexibility index (Phi) is 6.13. The van der Waals surface area contributed by atoms with Crippen LogP contribution in [0.3, 0.4) is 0 Å². The minimum absolute atomic E-state index is 0.140. The van der Waals surface area contributed by atoms with Crippen LogP contribution in [0.5, 0.6) is 11.5 Å². The van der Waals surface area contributed by atoms with E-state index in [1.165, 1.54) is 0 Å². The molecule has 1 heterocycles. The number of ether oxygens (including phenoxy) is 1. The number of anilines is 1. The molecule has 0 radical (unpaired) electrons. The van der Waals surface area contributed by atoms with E-state index >= 15 is 4.39 Å². The third-order valence-electron chi connectivity index (χ3n) is 5.71. The highest BCUT2D eigenvalue weighted by atomic mass is 19.1. The Morgan fingerprint density at radius 3 is 2.38 bits per heavy atom. The van der Waals surface area contributed by atoms with E-state index in [0.29, 0.717) is 5.56 Å². The summed E-state index contributed by atoms with van der Waals surface area (Å²) in [5.74, 6) is 1.25. The van der Waals surface area contributed by atoms with Crippen molar-refractivity contribution in [2.45, 2.75) is 39.7 Å². The molecule has 0 saturated heterocycles. The Morgan fingerprint density at radius 2 is 1.69 bits per heavy atom. The van der Waals surface area contributed by atoms with E-state index in [0.717, 1.165) is 47.0 Å². The van der Waals surface area contributed by atoms with E-state index in [2.05, 4.69) is 43.7 Å². The molecular formula is C28H29FN2O. The predicted octanol–water partition coefficient (Wildman–Crippen LogP) is 7.78. The molecule has 0 aliphatic carbocycles. The van der Waals surface area contributed by atoms with Crippen molar-refractivity contribution < 1.29 is 9.13 Å². The molecule has 1 aliphatic heterocycles. The van der Waals surface area contributed by atoms with Crippen LogP contribution < -0.4 is 9.64 Å². The maximum Gasteiger partial charge on any atom is 0.134 e. The molecule has 1 aliphatic rings. The summed E-state index contributed by atoms with van der Waals surface area (Å²) in [6.07, 6.45) is 4.86. The van der Waals surface area contributed by atoms with E-state index in [4.69, 9.17) is 4.74 Å². The van der Waals surface area contributed by atoms with E-state index in [9.17, 15) is 0 Å². The first kappa shape index (κ1) is 21.8. The third kappa shape index (κ3) is 4.59. The van der Waals surface area contributed by atoms with Gasteiger partial charge in [-0.2, -0.15) is 0 Å². The molecule has 4 heteroatoms. The Bertz CT molecular complexity index is 1150. The van der Waals surface area contributed by atoms with E-state index < -0.39 is 0 Å². The summed E-state index contributed by atoms with van der Waals surface area (Å²) in [6, 6.07) is 20.6. The Morgan fingerprint density at radius 1 is 1.00 bits per heavy atom. The minimum atomic E-state index is -0.261. The molecule has 3 nitrogen and oxygen atoms in total. The molecular weight excluding hydrogens is 399 g/mol. The third-order valence-corrected chi connectivity index (χ3v) is 5.71. The molecule has 0 N–H and O–H groups in total.